The Morgan fingerprint density at radius 1 is 1.62 bits per heavy atom. The van der Waals surface area contributed by atoms with Crippen LogP contribution in [-0.2, 0) is 16.1 Å². The molecule has 1 aliphatic rings. The number of amides is 1. The number of rotatable bonds is 3. The van der Waals surface area contributed by atoms with Gasteiger partial charge in [0.15, 0.2) is 0 Å². The fourth-order valence-electron chi connectivity index (χ4n) is 2.29. The largest absolute Gasteiger partial charge is 0.490 e. The minimum absolute atomic E-state index is 0.0775. The summed E-state index contributed by atoms with van der Waals surface area (Å²) in [6.07, 6.45) is 3.70. The monoisotopic (exact) mass is 289 g/mol. The number of pyridine rings is 1. The maximum Gasteiger partial charge on any atom is 0.254 e. The summed E-state index contributed by atoms with van der Waals surface area (Å²) < 4.78 is 11.0. The van der Waals surface area contributed by atoms with Gasteiger partial charge in [0, 0.05) is 25.1 Å². The summed E-state index contributed by atoms with van der Waals surface area (Å²) in [5.74, 6) is 0.449. The van der Waals surface area contributed by atoms with Crippen molar-refractivity contribution in [3.05, 3.63) is 23.5 Å². The van der Waals surface area contributed by atoms with E-state index in [9.17, 15) is 4.79 Å². The van der Waals surface area contributed by atoms with Crippen molar-refractivity contribution in [1.82, 2.24) is 9.88 Å². The molecule has 1 aromatic rings. The number of nitriles is 1. The van der Waals surface area contributed by atoms with Crippen molar-refractivity contribution < 1.29 is 14.3 Å². The average Bonchev–Trinajstić information content (AvgIpc) is 2.75. The number of carbonyl (C=O) groups excluding carboxylic acids is 1. The van der Waals surface area contributed by atoms with Gasteiger partial charge in [0.1, 0.15) is 29.6 Å². The Balaban J connectivity index is 2.30. The zero-order valence-electron chi connectivity index (χ0n) is 12.5. The Morgan fingerprint density at radius 3 is 3.00 bits per heavy atom. The maximum absolute atomic E-state index is 12.7. The molecule has 1 unspecified atom stereocenters. The average molecular weight is 289 g/mol. The molecule has 6 heteroatoms. The fraction of sp³-hybridized carbons (Fsp3) is 0.533. The number of fused-ring (bicyclic) bond motifs is 1. The van der Waals surface area contributed by atoms with Crippen LogP contribution in [-0.4, -0.2) is 41.7 Å². The second kappa shape index (κ2) is 6.10. The van der Waals surface area contributed by atoms with E-state index in [-0.39, 0.29) is 5.91 Å². The first kappa shape index (κ1) is 15.3. The minimum atomic E-state index is -0.842. The van der Waals surface area contributed by atoms with Crippen LogP contribution in [0.3, 0.4) is 0 Å². The van der Waals surface area contributed by atoms with Crippen molar-refractivity contribution in [2.45, 2.75) is 32.4 Å². The third kappa shape index (κ3) is 2.83. The molecule has 112 valence electrons. The number of hydrogen-bond acceptors (Lipinski definition) is 5. The van der Waals surface area contributed by atoms with Crippen LogP contribution in [0.1, 0.15) is 31.4 Å². The summed E-state index contributed by atoms with van der Waals surface area (Å²) in [4.78, 5) is 18.4. The van der Waals surface area contributed by atoms with E-state index < -0.39 is 5.60 Å². The van der Waals surface area contributed by atoms with Crippen molar-refractivity contribution in [2.24, 2.45) is 0 Å². The van der Waals surface area contributed by atoms with Crippen LogP contribution >= 0.6 is 0 Å². The number of methoxy groups -OCH3 is 1. The third-order valence-electron chi connectivity index (χ3n) is 3.92. The van der Waals surface area contributed by atoms with Crippen molar-refractivity contribution in [2.75, 3.05) is 20.3 Å². The molecule has 0 aromatic carbocycles. The molecule has 6 nitrogen and oxygen atoms in total. The standard InChI is InChI=1S/C15H19N3O3/c1-4-15(2,20-3)14(19)18-5-6-21-13-11(7-16)8-17-9-12(13)10-18/h8-9H,4-6,10H2,1-3H3. The molecule has 1 aliphatic heterocycles. The summed E-state index contributed by atoms with van der Waals surface area (Å²) in [5.41, 5.74) is 0.298. The number of ether oxygens (including phenoxy) is 2. The van der Waals surface area contributed by atoms with Gasteiger partial charge in [-0.25, -0.2) is 0 Å². The van der Waals surface area contributed by atoms with E-state index in [0.29, 0.717) is 37.4 Å². The Bertz CT molecular complexity index is 576. The molecule has 0 saturated heterocycles. The van der Waals surface area contributed by atoms with E-state index in [1.807, 2.05) is 6.92 Å². The molecular formula is C15H19N3O3. The summed E-state index contributed by atoms with van der Waals surface area (Å²) in [7, 11) is 1.54. The van der Waals surface area contributed by atoms with Crippen LogP contribution < -0.4 is 4.74 Å². The van der Waals surface area contributed by atoms with Gasteiger partial charge in [-0.2, -0.15) is 5.26 Å². The lowest BCUT2D eigenvalue weighted by Gasteiger charge is -2.31. The van der Waals surface area contributed by atoms with Gasteiger partial charge in [0.25, 0.3) is 5.91 Å². The minimum Gasteiger partial charge on any atom is -0.490 e. The molecule has 0 aliphatic carbocycles. The second-order valence-corrected chi connectivity index (χ2v) is 5.15. The van der Waals surface area contributed by atoms with Crippen molar-refractivity contribution >= 4 is 5.91 Å². The summed E-state index contributed by atoms with van der Waals surface area (Å²) in [6, 6.07) is 2.06. The normalized spacial score (nSPS) is 17.0. The molecule has 1 aromatic heterocycles. The summed E-state index contributed by atoms with van der Waals surface area (Å²) >= 11 is 0. The first-order valence-electron chi connectivity index (χ1n) is 6.90. The first-order valence-corrected chi connectivity index (χ1v) is 6.90. The van der Waals surface area contributed by atoms with Gasteiger partial charge in [-0.05, 0) is 13.3 Å². The Kier molecular flexibility index (Phi) is 4.43. The Labute approximate surface area is 124 Å². The Morgan fingerprint density at radius 2 is 2.38 bits per heavy atom. The van der Waals surface area contributed by atoms with E-state index >= 15 is 0 Å². The zero-order valence-corrected chi connectivity index (χ0v) is 12.5. The Hall–Kier alpha value is -2.13. The van der Waals surface area contributed by atoms with Crippen LogP contribution in [0.15, 0.2) is 12.4 Å². The molecule has 0 radical (unpaired) electrons. The summed E-state index contributed by atoms with van der Waals surface area (Å²) in [5, 5.41) is 9.10. The molecule has 21 heavy (non-hydrogen) atoms. The van der Waals surface area contributed by atoms with Crippen molar-refractivity contribution in [3.8, 4) is 11.8 Å². The molecule has 2 rings (SSSR count). The second-order valence-electron chi connectivity index (χ2n) is 5.15. The van der Waals surface area contributed by atoms with Gasteiger partial charge in [-0.1, -0.05) is 6.92 Å². The molecule has 0 spiro atoms. The molecule has 0 bridgehead atoms. The molecular weight excluding hydrogens is 270 g/mol. The highest BCUT2D eigenvalue weighted by molar-refractivity contribution is 5.85. The quantitative estimate of drug-likeness (QED) is 0.842. The molecule has 0 saturated carbocycles. The lowest BCUT2D eigenvalue weighted by atomic mass is 10.0. The number of nitrogens with zero attached hydrogens (tertiary/aromatic N) is 3. The topological polar surface area (TPSA) is 75.4 Å². The van der Waals surface area contributed by atoms with E-state index in [1.165, 1.54) is 6.20 Å². The highest BCUT2D eigenvalue weighted by Gasteiger charge is 2.36. The van der Waals surface area contributed by atoms with Gasteiger partial charge >= 0.3 is 0 Å². The van der Waals surface area contributed by atoms with E-state index in [1.54, 1.807) is 25.1 Å². The highest BCUT2D eigenvalue weighted by Crippen LogP contribution is 2.28. The smallest absolute Gasteiger partial charge is 0.254 e. The molecule has 0 N–H and O–H groups in total. The van der Waals surface area contributed by atoms with Crippen molar-refractivity contribution in [1.29, 1.82) is 5.26 Å². The van der Waals surface area contributed by atoms with Crippen LogP contribution in [0.4, 0.5) is 0 Å². The number of aromatic nitrogens is 1. The van der Waals surface area contributed by atoms with Crippen LogP contribution in [0.5, 0.6) is 5.75 Å². The van der Waals surface area contributed by atoms with Crippen molar-refractivity contribution in [3.63, 3.8) is 0 Å². The maximum atomic E-state index is 12.7. The van der Waals surface area contributed by atoms with Crippen LogP contribution in [0.25, 0.3) is 0 Å². The number of hydrogen-bond donors (Lipinski definition) is 0. The lowest BCUT2D eigenvalue weighted by Crippen LogP contribution is -2.48. The lowest BCUT2D eigenvalue weighted by molar-refractivity contribution is -0.154. The first-order chi connectivity index (χ1) is 10.1. The predicted octanol–water partition coefficient (Wildman–Crippen LogP) is 1.49. The highest BCUT2D eigenvalue weighted by atomic mass is 16.5. The molecule has 0 fully saturated rings. The van der Waals surface area contributed by atoms with Gasteiger partial charge in [0.2, 0.25) is 0 Å². The van der Waals surface area contributed by atoms with E-state index in [4.69, 9.17) is 14.7 Å². The zero-order chi connectivity index (χ0) is 15.5. The van der Waals surface area contributed by atoms with Gasteiger partial charge in [0.05, 0.1) is 13.1 Å². The van der Waals surface area contributed by atoms with Crippen LogP contribution in [0.2, 0.25) is 0 Å². The molecule has 1 amide bonds. The van der Waals surface area contributed by atoms with Gasteiger partial charge in [-0.3, -0.25) is 9.78 Å². The third-order valence-corrected chi connectivity index (χ3v) is 3.92. The summed E-state index contributed by atoms with van der Waals surface area (Å²) in [6.45, 7) is 4.87. The van der Waals surface area contributed by atoms with E-state index in [2.05, 4.69) is 11.1 Å². The van der Waals surface area contributed by atoms with Gasteiger partial charge in [-0.15, -0.1) is 0 Å². The van der Waals surface area contributed by atoms with Crippen LogP contribution in [0, 0.1) is 11.3 Å². The molecule has 1 atom stereocenters. The SMILES string of the molecule is CCC(C)(OC)C(=O)N1CCOc2c(C#N)cncc2C1. The van der Waals surface area contributed by atoms with Gasteiger partial charge < -0.3 is 14.4 Å². The predicted molar refractivity (Wildman–Crippen MR) is 75.6 cm³/mol. The molecule has 2 heterocycles. The van der Waals surface area contributed by atoms with E-state index in [0.717, 1.165) is 5.56 Å². The fourth-order valence-corrected chi connectivity index (χ4v) is 2.29. The number of carbonyl (C=O) groups is 1.